The number of carboxylic acid groups (broad SMARTS) is 3. The van der Waals surface area contributed by atoms with E-state index in [1.54, 1.807) is 0 Å². The predicted octanol–water partition coefficient (Wildman–Crippen LogP) is 3.51. The number of halogens is 3. The van der Waals surface area contributed by atoms with Gasteiger partial charge in [-0.05, 0) is 0 Å². The van der Waals surface area contributed by atoms with E-state index in [-0.39, 0.29) is 0 Å². The fourth-order valence-electron chi connectivity index (χ4n) is 0. The van der Waals surface area contributed by atoms with Gasteiger partial charge in [0.15, 0.2) is 0 Å². The van der Waals surface area contributed by atoms with Crippen LogP contribution in [0.1, 0.15) is 0 Å². The molecule has 0 aromatic carbocycles. The quantitative estimate of drug-likeness (QED) is 0.458. The molecule has 0 aliphatic heterocycles. The molecule has 84 valence electrons. The van der Waals surface area contributed by atoms with Crippen molar-refractivity contribution in [2.24, 2.45) is 0 Å². The van der Waals surface area contributed by atoms with Crippen molar-refractivity contribution in [1.82, 2.24) is 0 Å². The Morgan fingerprint density at radius 1 is 0.714 bits per heavy atom. The van der Waals surface area contributed by atoms with Crippen molar-refractivity contribution >= 4 is 51.1 Å². The average molecular weight is 269 g/mol. The van der Waals surface area contributed by atoms with Crippen molar-refractivity contribution in [1.29, 1.82) is 0 Å². The van der Waals surface area contributed by atoms with Crippen LogP contribution in [0.4, 0.5) is 14.4 Å². The van der Waals surface area contributed by atoms with Crippen molar-refractivity contribution in [3.05, 3.63) is 13.2 Å². The third kappa shape index (κ3) is 1150. The molecule has 0 fully saturated rings. The number of hydrogen-bond acceptors (Lipinski definition) is 3. The van der Waals surface area contributed by atoms with Gasteiger partial charge in [0.05, 0.1) is 0 Å². The van der Waals surface area contributed by atoms with E-state index >= 15 is 0 Å². The van der Waals surface area contributed by atoms with Crippen molar-refractivity contribution in [2.45, 2.75) is 0 Å². The fourth-order valence-corrected chi connectivity index (χ4v) is 0. The van der Waals surface area contributed by atoms with Gasteiger partial charge in [-0.1, -0.05) is 0 Å². The van der Waals surface area contributed by atoms with E-state index in [9.17, 15) is 0 Å². The highest BCUT2D eigenvalue weighted by molar-refractivity contribution is 6.60. The molecule has 0 atom stereocenters. The van der Waals surface area contributed by atoms with Gasteiger partial charge in [0.2, 0.25) is 0 Å². The van der Waals surface area contributed by atoms with Crippen LogP contribution in [0.3, 0.4) is 0 Å². The second kappa shape index (κ2) is 22.7. The van der Waals surface area contributed by atoms with E-state index < -0.39 is 16.3 Å². The van der Waals surface area contributed by atoms with E-state index in [1.165, 1.54) is 0 Å². The molecule has 0 unspecified atom stereocenters. The van der Waals surface area contributed by atoms with Gasteiger partial charge in [0.1, 0.15) is 0 Å². The van der Waals surface area contributed by atoms with Crippen LogP contribution in [0.25, 0.3) is 0 Å². The topological polar surface area (TPSA) is 112 Å². The molecule has 0 heterocycles. The summed E-state index contributed by atoms with van der Waals surface area (Å²) in [5.41, 5.74) is -4.08. The molecular formula is C5H7Cl3O6. The van der Waals surface area contributed by atoms with E-state index in [4.69, 9.17) is 29.7 Å². The lowest BCUT2D eigenvalue weighted by Gasteiger charge is -1.55. The van der Waals surface area contributed by atoms with Gasteiger partial charge in [0, 0.05) is 34.8 Å². The molecule has 0 rings (SSSR count). The van der Waals surface area contributed by atoms with E-state index in [2.05, 4.69) is 48.0 Å². The molecule has 0 aliphatic carbocycles. The molecule has 0 saturated heterocycles. The lowest BCUT2D eigenvalue weighted by Crippen LogP contribution is -1.66. The van der Waals surface area contributed by atoms with Gasteiger partial charge in [0.25, 0.3) is 0 Å². The van der Waals surface area contributed by atoms with Crippen LogP contribution >= 0.6 is 34.8 Å². The summed E-state index contributed by atoms with van der Waals surface area (Å²) in [5, 5.41) is 21.5. The normalized spacial score (nSPS) is 5.64. The molecule has 6 nitrogen and oxygen atoms in total. The SMILES string of the molecule is C=C.O=C(O)Cl.O=C(O)Cl.O=C(O)Cl. The van der Waals surface area contributed by atoms with Crippen LogP contribution < -0.4 is 0 Å². The molecule has 3 N–H and O–H groups in total. The first-order chi connectivity index (χ1) is 6.20. The van der Waals surface area contributed by atoms with Crippen LogP contribution in [0.2, 0.25) is 0 Å². The summed E-state index contributed by atoms with van der Waals surface area (Å²) in [5.74, 6) is 0. The highest BCUT2D eigenvalue weighted by Crippen LogP contribution is 1.68. The van der Waals surface area contributed by atoms with Gasteiger partial charge in [-0.2, -0.15) is 0 Å². The Labute approximate surface area is 94.3 Å². The summed E-state index contributed by atoms with van der Waals surface area (Å²) in [6.07, 6.45) is 0. The fraction of sp³-hybridized carbons (Fsp3) is 0. The van der Waals surface area contributed by atoms with Crippen LogP contribution in [0.15, 0.2) is 13.2 Å². The van der Waals surface area contributed by atoms with Gasteiger partial charge < -0.3 is 15.3 Å². The smallest absolute Gasteiger partial charge is 0.401 e. The zero-order valence-electron chi connectivity index (χ0n) is 6.61. The van der Waals surface area contributed by atoms with Crippen molar-refractivity contribution in [3.63, 3.8) is 0 Å². The number of rotatable bonds is 0. The van der Waals surface area contributed by atoms with Crippen LogP contribution in [-0.2, 0) is 0 Å². The first kappa shape index (κ1) is 23.1. The van der Waals surface area contributed by atoms with E-state index in [0.29, 0.717) is 0 Å². The van der Waals surface area contributed by atoms with Gasteiger partial charge >= 0.3 is 16.3 Å². The third-order valence-corrected chi connectivity index (χ3v) is 0. The van der Waals surface area contributed by atoms with E-state index in [1.807, 2.05) is 0 Å². The first-order valence-electron chi connectivity index (χ1n) is 2.35. The Morgan fingerprint density at radius 3 is 0.714 bits per heavy atom. The Morgan fingerprint density at radius 2 is 0.714 bits per heavy atom. The second-order valence-electron chi connectivity index (χ2n) is 0.759. The summed E-state index contributed by atoms with van der Waals surface area (Å²) in [6, 6.07) is 0. The monoisotopic (exact) mass is 268 g/mol. The Balaban J connectivity index is -0.0000000492. The van der Waals surface area contributed by atoms with Crippen LogP contribution in [-0.4, -0.2) is 31.6 Å². The van der Waals surface area contributed by atoms with Gasteiger partial charge in [-0.3, -0.25) is 0 Å². The third-order valence-electron chi connectivity index (χ3n) is 0. The molecule has 0 aromatic rings. The van der Waals surface area contributed by atoms with Crippen LogP contribution in [0, 0.1) is 0 Å². The largest absolute Gasteiger partial charge is 0.469 e. The summed E-state index contributed by atoms with van der Waals surface area (Å²) in [7, 11) is 0. The summed E-state index contributed by atoms with van der Waals surface area (Å²) < 4.78 is 0. The van der Waals surface area contributed by atoms with Crippen LogP contribution in [0.5, 0.6) is 0 Å². The Hall–Kier alpha value is -0.980. The second-order valence-corrected chi connectivity index (χ2v) is 1.73. The number of carbonyl (C=O) groups is 3. The molecule has 0 spiro atoms. The average Bonchev–Trinajstić information content (AvgIpc) is 1.86. The van der Waals surface area contributed by atoms with Gasteiger partial charge in [-0.25, -0.2) is 14.4 Å². The van der Waals surface area contributed by atoms with Gasteiger partial charge in [-0.15, -0.1) is 13.2 Å². The molecule has 0 saturated carbocycles. The minimum Gasteiger partial charge on any atom is -0.469 e. The molecule has 0 amide bonds. The standard InChI is InChI=1S/C2H4.3CHClO2/c1-2;3*2-1(3)4/h1-2H2;3*(H,3,4). The number of hydrogen-bond donors (Lipinski definition) is 3. The minimum absolute atomic E-state index is 1.36. The molecule has 14 heavy (non-hydrogen) atoms. The Bertz CT molecular complexity index is 130. The zero-order chi connectivity index (χ0) is 12.7. The zero-order valence-corrected chi connectivity index (χ0v) is 8.88. The molecule has 0 radical (unpaired) electrons. The maximum Gasteiger partial charge on any atom is 0.401 e. The minimum atomic E-state index is -1.36. The lowest BCUT2D eigenvalue weighted by molar-refractivity contribution is 0.219. The lowest BCUT2D eigenvalue weighted by atomic mass is 11.3. The van der Waals surface area contributed by atoms with E-state index in [0.717, 1.165) is 0 Å². The molecule has 0 aliphatic rings. The predicted molar refractivity (Wildman–Crippen MR) is 52.9 cm³/mol. The Kier molecular flexibility index (Phi) is 37.5. The first-order valence-corrected chi connectivity index (χ1v) is 3.48. The molecule has 0 bridgehead atoms. The molecule has 0 aromatic heterocycles. The maximum absolute atomic E-state index is 8.77. The van der Waals surface area contributed by atoms with Crippen molar-refractivity contribution in [2.75, 3.05) is 0 Å². The summed E-state index contributed by atoms with van der Waals surface area (Å²) in [4.78, 5) is 26.3. The summed E-state index contributed by atoms with van der Waals surface area (Å²) >= 11 is 12.6. The van der Waals surface area contributed by atoms with Crippen molar-refractivity contribution in [3.8, 4) is 0 Å². The molecule has 9 heteroatoms. The maximum atomic E-state index is 8.77. The highest BCUT2D eigenvalue weighted by Gasteiger charge is 1.71. The summed E-state index contributed by atoms with van der Waals surface area (Å²) in [6.45, 7) is 6.00. The molecular weight excluding hydrogens is 262 g/mol. The highest BCUT2D eigenvalue weighted by atomic mass is 35.5. The van der Waals surface area contributed by atoms with Crippen molar-refractivity contribution < 1.29 is 29.7 Å².